The average molecular weight is 512 g/mol. The topological polar surface area (TPSA) is 0 Å². The molecule has 1 heteroatoms. The van der Waals surface area contributed by atoms with Gasteiger partial charge in [0.15, 0.2) is 0 Å². The summed E-state index contributed by atoms with van der Waals surface area (Å²) in [6.45, 7) is 9.54. The van der Waals surface area contributed by atoms with Gasteiger partial charge in [-0.25, -0.2) is 0 Å². The summed E-state index contributed by atoms with van der Waals surface area (Å²) in [5.74, 6) is 0. The van der Waals surface area contributed by atoms with Crippen molar-refractivity contribution in [3.63, 3.8) is 0 Å². The Labute approximate surface area is 226 Å². The fourth-order valence-corrected chi connectivity index (χ4v) is 11.2. The highest BCUT2D eigenvalue weighted by atomic mass is 31.2. The summed E-state index contributed by atoms with van der Waals surface area (Å²) in [4.78, 5) is 0. The van der Waals surface area contributed by atoms with Gasteiger partial charge in [0.25, 0.3) is 0 Å². The molecule has 0 radical (unpaired) electrons. The number of hydrogen-bond donors (Lipinski definition) is 0. The molecule has 212 valence electrons. The molecule has 0 aromatic heterocycles. The van der Waals surface area contributed by atoms with Gasteiger partial charge in [0.1, 0.15) is 0 Å². The third kappa shape index (κ3) is 24.5. The van der Waals surface area contributed by atoms with Crippen molar-refractivity contribution >= 4 is 7.26 Å². The van der Waals surface area contributed by atoms with Gasteiger partial charge >= 0.3 is 0 Å². The van der Waals surface area contributed by atoms with E-state index >= 15 is 0 Å². The van der Waals surface area contributed by atoms with Crippen molar-refractivity contribution < 1.29 is 0 Å². The lowest BCUT2D eigenvalue weighted by atomic mass is 10.1. The van der Waals surface area contributed by atoms with Gasteiger partial charge in [-0.1, -0.05) is 156 Å². The van der Waals surface area contributed by atoms with Crippen molar-refractivity contribution in [1.29, 1.82) is 0 Å². The Bertz CT molecular complexity index is 341. The Morgan fingerprint density at radius 2 is 0.457 bits per heavy atom. The zero-order chi connectivity index (χ0) is 25.7. The summed E-state index contributed by atoms with van der Waals surface area (Å²) < 4.78 is 0. The van der Waals surface area contributed by atoms with Gasteiger partial charge < -0.3 is 0 Å². The molecule has 0 aromatic carbocycles. The van der Waals surface area contributed by atoms with Gasteiger partial charge in [-0.2, -0.15) is 0 Å². The summed E-state index contributed by atoms with van der Waals surface area (Å²) in [6.07, 6.45) is 44.9. The fraction of sp³-hybridized carbons (Fsp3) is 1.00. The molecule has 0 unspecified atom stereocenters. The molecule has 0 rings (SSSR count). The van der Waals surface area contributed by atoms with Crippen LogP contribution in [0.4, 0.5) is 0 Å². The number of unbranched alkanes of at least 4 members (excludes halogenated alkanes) is 22. The SMILES string of the molecule is CCCCCCCCCCCCCC[P+](CCC)(CCC)CCCCCCCCCCCCCC. The number of rotatable bonds is 30. The van der Waals surface area contributed by atoms with Gasteiger partial charge in [0, 0.05) is 7.26 Å². The van der Waals surface area contributed by atoms with Gasteiger partial charge in [-0.3, -0.25) is 0 Å². The van der Waals surface area contributed by atoms with Crippen LogP contribution in [0.5, 0.6) is 0 Å². The summed E-state index contributed by atoms with van der Waals surface area (Å²) in [7, 11) is -0.656. The van der Waals surface area contributed by atoms with Crippen molar-refractivity contribution in [2.45, 2.75) is 195 Å². The molecular weight excluding hydrogens is 439 g/mol. The molecule has 0 aliphatic carbocycles. The van der Waals surface area contributed by atoms with Crippen LogP contribution >= 0.6 is 7.26 Å². The first-order chi connectivity index (χ1) is 17.2. The first kappa shape index (κ1) is 35.4. The van der Waals surface area contributed by atoms with Gasteiger partial charge in [0.05, 0.1) is 24.6 Å². The highest BCUT2D eigenvalue weighted by molar-refractivity contribution is 7.75. The van der Waals surface area contributed by atoms with E-state index < -0.39 is 7.26 Å². The second kappa shape index (κ2) is 29.0. The molecule has 0 heterocycles. The van der Waals surface area contributed by atoms with Crippen molar-refractivity contribution in [2.75, 3.05) is 24.6 Å². The fourth-order valence-electron chi connectivity index (χ4n) is 6.20. The molecule has 0 bridgehead atoms. The molecule has 0 amide bonds. The van der Waals surface area contributed by atoms with Crippen molar-refractivity contribution in [1.82, 2.24) is 0 Å². The molecule has 0 atom stereocenters. The van der Waals surface area contributed by atoms with Gasteiger partial charge in [0.2, 0.25) is 0 Å². The van der Waals surface area contributed by atoms with E-state index in [2.05, 4.69) is 27.7 Å². The lowest BCUT2D eigenvalue weighted by Gasteiger charge is -2.27. The van der Waals surface area contributed by atoms with Crippen molar-refractivity contribution in [2.24, 2.45) is 0 Å². The van der Waals surface area contributed by atoms with Crippen LogP contribution in [0.25, 0.3) is 0 Å². The Kier molecular flexibility index (Phi) is 29.3. The molecule has 0 nitrogen and oxygen atoms in total. The third-order valence-electron chi connectivity index (χ3n) is 8.37. The molecular formula is C34H72P+. The largest absolute Gasteiger partial charge is 0.0654 e. The highest BCUT2D eigenvalue weighted by Gasteiger charge is 2.33. The Hall–Kier alpha value is 0.430. The molecule has 0 saturated heterocycles. The predicted molar refractivity (Wildman–Crippen MR) is 169 cm³/mol. The summed E-state index contributed by atoms with van der Waals surface area (Å²) in [5, 5.41) is 0. The van der Waals surface area contributed by atoms with Crippen LogP contribution in [-0.4, -0.2) is 24.6 Å². The third-order valence-corrected chi connectivity index (χ3v) is 13.7. The first-order valence-corrected chi connectivity index (χ1v) is 19.6. The van der Waals surface area contributed by atoms with Crippen molar-refractivity contribution in [3.8, 4) is 0 Å². The van der Waals surface area contributed by atoms with E-state index in [0.29, 0.717) is 0 Å². The standard InChI is InChI=1S/C34H72P/c1-5-9-11-13-15-17-19-21-23-25-27-29-33-35(31-7-3,32-8-4)34-30-28-26-24-22-20-18-16-14-12-10-6-2/h5-34H2,1-4H3/q+1. The Balaban J connectivity index is 3.84. The molecule has 0 aromatic rings. The van der Waals surface area contributed by atoms with E-state index in [-0.39, 0.29) is 0 Å². The van der Waals surface area contributed by atoms with Crippen LogP contribution in [0.1, 0.15) is 195 Å². The maximum Gasteiger partial charge on any atom is 0.0594 e. The monoisotopic (exact) mass is 512 g/mol. The Morgan fingerprint density at radius 1 is 0.229 bits per heavy atom. The lowest BCUT2D eigenvalue weighted by molar-refractivity contribution is 0.547. The van der Waals surface area contributed by atoms with E-state index in [1.165, 1.54) is 154 Å². The zero-order valence-corrected chi connectivity index (χ0v) is 26.6. The quantitative estimate of drug-likeness (QED) is 0.0664. The first-order valence-electron chi connectivity index (χ1n) is 17.1. The molecule has 0 saturated carbocycles. The van der Waals surface area contributed by atoms with Crippen LogP contribution in [0.15, 0.2) is 0 Å². The summed E-state index contributed by atoms with van der Waals surface area (Å²) >= 11 is 0. The molecule has 0 spiro atoms. The van der Waals surface area contributed by atoms with Crippen molar-refractivity contribution in [3.05, 3.63) is 0 Å². The lowest BCUT2D eigenvalue weighted by Crippen LogP contribution is -2.12. The zero-order valence-electron chi connectivity index (χ0n) is 25.7. The molecule has 35 heavy (non-hydrogen) atoms. The number of hydrogen-bond acceptors (Lipinski definition) is 0. The van der Waals surface area contributed by atoms with E-state index in [0.717, 1.165) is 0 Å². The molecule has 0 aliphatic heterocycles. The molecule has 0 fully saturated rings. The summed E-state index contributed by atoms with van der Waals surface area (Å²) in [6, 6.07) is 0. The summed E-state index contributed by atoms with van der Waals surface area (Å²) in [5.41, 5.74) is 0. The minimum Gasteiger partial charge on any atom is -0.0654 e. The highest BCUT2D eigenvalue weighted by Crippen LogP contribution is 2.61. The normalized spacial score (nSPS) is 12.0. The van der Waals surface area contributed by atoms with Gasteiger partial charge in [-0.05, 0) is 38.5 Å². The van der Waals surface area contributed by atoms with Crippen LogP contribution in [0.2, 0.25) is 0 Å². The van der Waals surface area contributed by atoms with Crippen LogP contribution in [0.3, 0.4) is 0 Å². The van der Waals surface area contributed by atoms with Crippen LogP contribution in [0, 0.1) is 0 Å². The van der Waals surface area contributed by atoms with Gasteiger partial charge in [-0.15, -0.1) is 0 Å². The van der Waals surface area contributed by atoms with E-state index in [9.17, 15) is 0 Å². The van der Waals surface area contributed by atoms with Crippen LogP contribution < -0.4 is 0 Å². The van der Waals surface area contributed by atoms with E-state index in [1.807, 2.05) is 0 Å². The predicted octanol–water partition coefficient (Wildman–Crippen LogP) is 13.2. The molecule has 0 N–H and O–H groups in total. The second-order valence-corrected chi connectivity index (χ2v) is 16.5. The Morgan fingerprint density at radius 3 is 0.686 bits per heavy atom. The minimum atomic E-state index is -0.656. The minimum absolute atomic E-state index is 0.656. The maximum atomic E-state index is 2.45. The maximum absolute atomic E-state index is 2.45. The smallest absolute Gasteiger partial charge is 0.0594 e. The van der Waals surface area contributed by atoms with Crippen LogP contribution in [-0.2, 0) is 0 Å². The van der Waals surface area contributed by atoms with E-state index in [1.54, 1.807) is 37.5 Å². The van der Waals surface area contributed by atoms with E-state index in [4.69, 9.17) is 0 Å². The molecule has 0 aliphatic rings. The average Bonchev–Trinajstić information content (AvgIpc) is 2.85. The second-order valence-electron chi connectivity index (χ2n) is 12.0.